The van der Waals surface area contributed by atoms with Gasteiger partial charge in [-0.2, -0.15) is 0 Å². The predicted octanol–water partition coefficient (Wildman–Crippen LogP) is -0.181. The standard InChI is InChI=1S/C12H14N2O4S/c15-12-10-3-1-2-4-11(10)19(16,17)14(12)8-9-7-13-5-6-18-9/h1-4,9,13H,5-8H2. The Morgan fingerprint density at radius 3 is 2.84 bits per heavy atom. The van der Waals surface area contributed by atoms with Crippen LogP contribution in [-0.2, 0) is 14.8 Å². The van der Waals surface area contributed by atoms with Crippen molar-refractivity contribution in [1.29, 1.82) is 0 Å². The lowest BCUT2D eigenvalue weighted by atomic mass is 10.2. The summed E-state index contributed by atoms with van der Waals surface area (Å²) in [7, 11) is -3.72. The summed E-state index contributed by atoms with van der Waals surface area (Å²) in [5.74, 6) is -0.468. The molecule has 0 aromatic heterocycles. The van der Waals surface area contributed by atoms with Gasteiger partial charge in [0.05, 0.1) is 24.8 Å². The summed E-state index contributed by atoms with van der Waals surface area (Å²) < 4.78 is 31.0. The van der Waals surface area contributed by atoms with Crippen molar-refractivity contribution in [3.8, 4) is 0 Å². The molecular formula is C12H14N2O4S. The predicted molar refractivity (Wildman–Crippen MR) is 67.3 cm³/mol. The molecule has 7 heteroatoms. The van der Waals surface area contributed by atoms with Gasteiger partial charge in [0.2, 0.25) is 0 Å². The summed E-state index contributed by atoms with van der Waals surface area (Å²) in [5, 5.41) is 3.11. The monoisotopic (exact) mass is 282 g/mol. The van der Waals surface area contributed by atoms with E-state index < -0.39 is 15.9 Å². The number of benzene rings is 1. The van der Waals surface area contributed by atoms with Gasteiger partial charge in [-0.3, -0.25) is 4.79 Å². The largest absolute Gasteiger partial charge is 0.374 e. The van der Waals surface area contributed by atoms with E-state index in [0.717, 1.165) is 10.8 Å². The number of carbonyl (C=O) groups excluding carboxylic acids is 1. The van der Waals surface area contributed by atoms with Crippen molar-refractivity contribution in [3.05, 3.63) is 29.8 Å². The smallest absolute Gasteiger partial charge is 0.269 e. The van der Waals surface area contributed by atoms with Crippen LogP contribution in [0.15, 0.2) is 29.2 Å². The Morgan fingerprint density at radius 2 is 2.16 bits per heavy atom. The minimum atomic E-state index is -3.72. The van der Waals surface area contributed by atoms with Crippen molar-refractivity contribution >= 4 is 15.9 Å². The average Bonchev–Trinajstić information content (AvgIpc) is 2.62. The third-order valence-electron chi connectivity index (χ3n) is 3.29. The average molecular weight is 282 g/mol. The van der Waals surface area contributed by atoms with Gasteiger partial charge in [0.25, 0.3) is 15.9 Å². The lowest BCUT2D eigenvalue weighted by Crippen LogP contribution is -2.46. The molecular weight excluding hydrogens is 268 g/mol. The first kappa shape index (κ1) is 12.6. The fourth-order valence-corrected chi connectivity index (χ4v) is 3.93. The Hall–Kier alpha value is -1.44. The van der Waals surface area contributed by atoms with Crippen LogP contribution in [0.1, 0.15) is 10.4 Å². The highest BCUT2D eigenvalue weighted by Gasteiger charge is 2.42. The molecule has 6 nitrogen and oxygen atoms in total. The van der Waals surface area contributed by atoms with E-state index in [-0.39, 0.29) is 23.1 Å². The van der Waals surface area contributed by atoms with Crippen LogP contribution >= 0.6 is 0 Å². The highest BCUT2D eigenvalue weighted by Crippen LogP contribution is 2.30. The summed E-state index contributed by atoms with van der Waals surface area (Å²) >= 11 is 0. The number of hydrogen-bond acceptors (Lipinski definition) is 5. The van der Waals surface area contributed by atoms with Crippen molar-refractivity contribution in [3.63, 3.8) is 0 Å². The van der Waals surface area contributed by atoms with Crippen LogP contribution in [0, 0.1) is 0 Å². The zero-order chi connectivity index (χ0) is 13.5. The lowest BCUT2D eigenvalue weighted by Gasteiger charge is -2.27. The van der Waals surface area contributed by atoms with Crippen LogP contribution in [0.25, 0.3) is 0 Å². The molecule has 1 atom stereocenters. The van der Waals surface area contributed by atoms with Gasteiger partial charge in [-0.25, -0.2) is 12.7 Å². The van der Waals surface area contributed by atoms with E-state index in [4.69, 9.17) is 4.74 Å². The number of fused-ring (bicyclic) bond motifs is 1. The number of amides is 1. The molecule has 102 valence electrons. The Balaban J connectivity index is 1.90. The molecule has 3 rings (SSSR count). The van der Waals surface area contributed by atoms with Crippen molar-refractivity contribution in [2.75, 3.05) is 26.2 Å². The second-order valence-electron chi connectivity index (χ2n) is 4.53. The summed E-state index contributed by atoms with van der Waals surface area (Å²) in [6, 6.07) is 6.28. The van der Waals surface area contributed by atoms with Crippen LogP contribution in [0.2, 0.25) is 0 Å². The molecule has 1 fully saturated rings. The molecule has 2 aliphatic rings. The maximum absolute atomic E-state index is 12.3. The second-order valence-corrected chi connectivity index (χ2v) is 6.37. The number of rotatable bonds is 2. The first-order chi connectivity index (χ1) is 9.10. The minimum absolute atomic E-state index is 0.0584. The van der Waals surface area contributed by atoms with Crippen LogP contribution in [0.4, 0.5) is 0 Å². The van der Waals surface area contributed by atoms with Gasteiger partial charge >= 0.3 is 0 Å². The molecule has 1 saturated heterocycles. The van der Waals surface area contributed by atoms with Crippen LogP contribution in [0.3, 0.4) is 0 Å². The van der Waals surface area contributed by atoms with Crippen LogP contribution in [-0.4, -0.2) is 51.0 Å². The SMILES string of the molecule is O=C1c2ccccc2S(=O)(=O)N1CC1CNCCO1. The normalized spacial score (nSPS) is 25.4. The number of hydrogen-bond donors (Lipinski definition) is 1. The van der Waals surface area contributed by atoms with E-state index >= 15 is 0 Å². The van der Waals surface area contributed by atoms with Gasteiger partial charge < -0.3 is 10.1 Å². The van der Waals surface area contributed by atoms with E-state index in [1.807, 2.05) is 0 Å². The third kappa shape index (κ3) is 2.03. The number of nitrogens with one attached hydrogen (secondary N) is 1. The maximum atomic E-state index is 12.3. The summed E-state index contributed by atoms with van der Waals surface area (Å²) in [4.78, 5) is 12.2. The zero-order valence-corrected chi connectivity index (χ0v) is 11.0. The summed E-state index contributed by atoms with van der Waals surface area (Å²) in [6.07, 6.45) is -0.290. The molecule has 1 aromatic carbocycles. The van der Waals surface area contributed by atoms with Crippen molar-refractivity contribution in [1.82, 2.24) is 9.62 Å². The number of morpholine rings is 1. The Labute approximate surface area is 111 Å². The zero-order valence-electron chi connectivity index (χ0n) is 10.2. The molecule has 1 aromatic rings. The Bertz CT molecular complexity index is 608. The van der Waals surface area contributed by atoms with Crippen LogP contribution < -0.4 is 5.32 Å². The van der Waals surface area contributed by atoms with E-state index in [2.05, 4.69) is 5.32 Å². The van der Waals surface area contributed by atoms with Gasteiger partial charge in [-0.1, -0.05) is 12.1 Å². The topological polar surface area (TPSA) is 75.7 Å². The molecule has 2 heterocycles. The molecule has 0 bridgehead atoms. The van der Waals surface area contributed by atoms with Gasteiger partial charge in [-0.05, 0) is 12.1 Å². The molecule has 0 radical (unpaired) electrons. The first-order valence-corrected chi connectivity index (χ1v) is 7.53. The maximum Gasteiger partial charge on any atom is 0.269 e. The van der Waals surface area contributed by atoms with E-state index in [9.17, 15) is 13.2 Å². The third-order valence-corrected chi connectivity index (χ3v) is 5.09. The number of ether oxygens (including phenoxy) is 1. The fraction of sp³-hybridized carbons (Fsp3) is 0.417. The quantitative estimate of drug-likeness (QED) is 0.814. The molecule has 1 amide bonds. The van der Waals surface area contributed by atoms with Gasteiger partial charge in [-0.15, -0.1) is 0 Å². The van der Waals surface area contributed by atoms with E-state index in [1.165, 1.54) is 12.1 Å². The summed E-state index contributed by atoms with van der Waals surface area (Å²) in [6.45, 7) is 1.88. The molecule has 0 saturated carbocycles. The van der Waals surface area contributed by atoms with E-state index in [0.29, 0.717) is 13.2 Å². The molecule has 1 N–H and O–H groups in total. The number of sulfonamides is 1. The highest BCUT2D eigenvalue weighted by atomic mass is 32.2. The number of nitrogens with zero attached hydrogens (tertiary/aromatic N) is 1. The molecule has 2 aliphatic heterocycles. The fourth-order valence-electron chi connectivity index (χ4n) is 2.33. The second kappa shape index (κ2) is 4.59. The molecule has 0 aliphatic carbocycles. The molecule has 19 heavy (non-hydrogen) atoms. The summed E-state index contributed by atoms with van der Waals surface area (Å²) in [5.41, 5.74) is 0.242. The molecule has 0 spiro atoms. The highest BCUT2D eigenvalue weighted by molar-refractivity contribution is 7.90. The lowest BCUT2D eigenvalue weighted by molar-refractivity contribution is 0.0182. The van der Waals surface area contributed by atoms with Crippen molar-refractivity contribution in [2.45, 2.75) is 11.0 Å². The van der Waals surface area contributed by atoms with Crippen molar-refractivity contribution < 1.29 is 17.9 Å². The minimum Gasteiger partial charge on any atom is -0.374 e. The Morgan fingerprint density at radius 1 is 1.37 bits per heavy atom. The van der Waals surface area contributed by atoms with Gasteiger partial charge in [0, 0.05) is 13.1 Å². The number of carbonyl (C=O) groups is 1. The van der Waals surface area contributed by atoms with E-state index in [1.54, 1.807) is 12.1 Å². The first-order valence-electron chi connectivity index (χ1n) is 6.09. The van der Waals surface area contributed by atoms with Crippen LogP contribution in [0.5, 0.6) is 0 Å². The Kier molecular flexibility index (Phi) is 3.04. The van der Waals surface area contributed by atoms with Gasteiger partial charge in [0.1, 0.15) is 4.90 Å². The van der Waals surface area contributed by atoms with Crippen molar-refractivity contribution in [2.24, 2.45) is 0 Å². The van der Waals surface area contributed by atoms with Gasteiger partial charge in [0.15, 0.2) is 0 Å². The molecule has 1 unspecified atom stereocenters.